The molecule has 0 spiro atoms. The summed E-state index contributed by atoms with van der Waals surface area (Å²) in [6.07, 6.45) is 1.44. The molecular weight excluding hydrogens is 478 g/mol. The van der Waals surface area contributed by atoms with E-state index in [9.17, 15) is 25.3 Å². The lowest BCUT2D eigenvalue weighted by Crippen LogP contribution is -2.13. The molecule has 2 N–H and O–H groups in total. The monoisotopic (exact) mass is 493 g/mol. The number of rotatable bonds is 7. The fourth-order valence-corrected chi connectivity index (χ4v) is 3.21. The maximum Gasteiger partial charge on any atom is 0.269 e. The summed E-state index contributed by atoms with van der Waals surface area (Å²) in [7, 11) is 0. The predicted molar refractivity (Wildman–Crippen MR) is 122 cm³/mol. The fourth-order valence-electron chi connectivity index (χ4n) is 2.70. The second-order valence-electron chi connectivity index (χ2n) is 6.58. The standard InChI is InChI=1S/C23H16BrN3O5/c24-21-12-15(10-17(13-25)23(29)26-18-5-7-20(28)8-6-18)4-9-22(21)32-14-16-2-1-3-19(11-16)27(30)31/h1-12,28H,14H2,(H,26,29)/b17-10+. The van der Waals surface area contributed by atoms with Crippen LogP contribution in [-0.4, -0.2) is 15.9 Å². The number of hydrogen-bond acceptors (Lipinski definition) is 6. The lowest BCUT2D eigenvalue weighted by molar-refractivity contribution is -0.384. The van der Waals surface area contributed by atoms with Crippen molar-refractivity contribution in [2.24, 2.45) is 0 Å². The third kappa shape index (κ3) is 5.93. The summed E-state index contributed by atoms with van der Waals surface area (Å²) in [5, 5.41) is 32.2. The summed E-state index contributed by atoms with van der Waals surface area (Å²) in [6, 6.07) is 19.0. The summed E-state index contributed by atoms with van der Waals surface area (Å²) in [6.45, 7) is 0.133. The van der Waals surface area contributed by atoms with Crippen LogP contribution in [0.4, 0.5) is 11.4 Å². The molecule has 0 saturated carbocycles. The molecule has 8 nitrogen and oxygen atoms in total. The van der Waals surface area contributed by atoms with Crippen molar-refractivity contribution < 1.29 is 19.6 Å². The second-order valence-corrected chi connectivity index (χ2v) is 7.43. The average molecular weight is 494 g/mol. The number of aromatic hydroxyl groups is 1. The van der Waals surface area contributed by atoms with Gasteiger partial charge in [0, 0.05) is 17.8 Å². The van der Waals surface area contributed by atoms with Crippen molar-refractivity contribution in [3.63, 3.8) is 0 Å². The first-order chi connectivity index (χ1) is 15.4. The van der Waals surface area contributed by atoms with Crippen LogP contribution in [0.25, 0.3) is 6.08 Å². The SMILES string of the molecule is N#C/C(=C\c1ccc(OCc2cccc([N+](=O)[O-])c2)c(Br)c1)C(=O)Nc1ccc(O)cc1. The molecule has 0 atom stereocenters. The highest BCUT2D eigenvalue weighted by atomic mass is 79.9. The molecule has 1 amide bonds. The lowest BCUT2D eigenvalue weighted by Gasteiger charge is -2.09. The van der Waals surface area contributed by atoms with Gasteiger partial charge in [0.1, 0.15) is 29.7 Å². The van der Waals surface area contributed by atoms with Crippen LogP contribution in [0.5, 0.6) is 11.5 Å². The molecule has 0 aliphatic carbocycles. The zero-order chi connectivity index (χ0) is 23.1. The topological polar surface area (TPSA) is 125 Å². The summed E-state index contributed by atoms with van der Waals surface area (Å²) in [5.41, 5.74) is 1.57. The molecule has 3 aromatic rings. The third-order valence-corrected chi connectivity index (χ3v) is 4.89. The first kappa shape index (κ1) is 22.5. The van der Waals surface area contributed by atoms with E-state index in [0.717, 1.165) is 0 Å². The molecule has 0 heterocycles. The number of ether oxygens (including phenoxy) is 1. The zero-order valence-corrected chi connectivity index (χ0v) is 18.1. The number of phenolic OH excluding ortho intramolecular Hbond substituents is 1. The molecule has 3 rings (SSSR count). The zero-order valence-electron chi connectivity index (χ0n) is 16.5. The number of carbonyl (C=O) groups is 1. The highest BCUT2D eigenvalue weighted by Crippen LogP contribution is 2.28. The van der Waals surface area contributed by atoms with Crippen LogP contribution >= 0.6 is 15.9 Å². The van der Waals surface area contributed by atoms with Crippen molar-refractivity contribution in [1.29, 1.82) is 5.26 Å². The Labute approximate surface area is 191 Å². The number of nitrogens with zero attached hydrogens (tertiary/aromatic N) is 2. The van der Waals surface area contributed by atoms with Crippen LogP contribution in [0.1, 0.15) is 11.1 Å². The first-order valence-corrected chi connectivity index (χ1v) is 10.0. The number of benzene rings is 3. The summed E-state index contributed by atoms with van der Waals surface area (Å²) in [5.74, 6) is -0.0160. The van der Waals surface area contributed by atoms with Gasteiger partial charge in [0.05, 0.1) is 9.40 Å². The molecule has 0 aliphatic rings. The van der Waals surface area contributed by atoms with E-state index in [2.05, 4.69) is 21.2 Å². The normalized spacial score (nSPS) is 10.8. The molecule has 32 heavy (non-hydrogen) atoms. The van der Waals surface area contributed by atoms with Gasteiger partial charge in [-0.15, -0.1) is 0 Å². The summed E-state index contributed by atoms with van der Waals surface area (Å²) < 4.78 is 6.32. The van der Waals surface area contributed by atoms with Crippen LogP contribution in [0.15, 0.2) is 76.8 Å². The minimum absolute atomic E-state index is 0.0136. The van der Waals surface area contributed by atoms with Gasteiger partial charge in [0.2, 0.25) is 0 Å². The molecule has 9 heteroatoms. The first-order valence-electron chi connectivity index (χ1n) is 9.23. The maximum atomic E-state index is 12.4. The van der Waals surface area contributed by atoms with E-state index in [1.165, 1.54) is 42.5 Å². The van der Waals surface area contributed by atoms with Crippen molar-refractivity contribution in [3.8, 4) is 17.6 Å². The van der Waals surface area contributed by atoms with E-state index in [1.807, 2.05) is 6.07 Å². The molecule has 0 bridgehead atoms. The van der Waals surface area contributed by atoms with Crippen molar-refractivity contribution in [3.05, 3.63) is 98.0 Å². The van der Waals surface area contributed by atoms with Gasteiger partial charge in [0.25, 0.3) is 11.6 Å². The molecule has 0 unspecified atom stereocenters. The Hall–Kier alpha value is -4.16. The van der Waals surface area contributed by atoms with Crippen LogP contribution in [0.2, 0.25) is 0 Å². The highest BCUT2D eigenvalue weighted by Gasteiger charge is 2.11. The van der Waals surface area contributed by atoms with Gasteiger partial charge in [-0.25, -0.2) is 0 Å². The molecule has 0 aromatic heterocycles. The van der Waals surface area contributed by atoms with Gasteiger partial charge in [0.15, 0.2) is 0 Å². The molecule has 160 valence electrons. The van der Waals surface area contributed by atoms with E-state index in [1.54, 1.807) is 30.3 Å². The minimum atomic E-state index is -0.583. The Balaban J connectivity index is 1.70. The number of nitro groups is 1. The second kappa shape index (κ2) is 10.2. The van der Waals surface area contributed by atoms with Gasteiger partial charge in [-0.2, -0.15) is 5.26 Å². The van der Waals surface area contributed by atoms with E-state index in [4.69, 9.17) is 4.74 Å². The molecule has 0 saturated heterocycles. The number of nitro benzene ring substituents is 1. The van der Waals surface area contributed by atoms with Crippen molar-refractivity contribution >= 4 is 39.3 Å². The number of anilines is 1. The third-order valence-electron chi connectivity index (χ3n) is 4.27. The van der Waals surface area contributed by atoms with Gasteiger partial charge in [-0.1, -0.05) is 18.2 Å². The Morgan fingerprint density at radius 2 is 1.94 bits per heavy atom. The van der Waals surface area contributed by atoms with Gasteiger partial charge in [-0.3, -0.25) is 14.9 Å². The Morgan fingerprint density at radius 3 is 2.59 bits per heavy atom. The summed E-state index contributed by atoms with van der Waals surface area (Å²) in [4.78, 5) is 22.8. The van der Waals surface area contributed by atoms with Crippen molar-refractivity contribution in [2.45, 2.75) is 6.61 Å². The number of phenols is 1. The Bertz CT molecular complexity index is 1230. The number of nitriles is 1. The Kier molecular flexibility index (Phi) is 7.21. The number of amides is 1. The molecular formula is C23H16BrN3O5. The quantitative estimate of drug-likeness (QED) is 0.153. The number of non-ortho nitro benzene ring substituents is 1. The van der Waals surface area contributed by atoms with Crippen molar-refractivity contribution in [1.82, 2.24) is 0 Å². The lowest BCUT2D eigenvalue weighted by atomic mass is 10.1. The summed E-state index contributed by atoms with van der Waals surface area (Å²) >= 11 is 3.40. The van der Waals surface area contributed by atoms with E-state index in [0.29, 0.717) is 27.0 Å². The number of carbonyl (C=O) groups excluding carboxylic acids is 1. The number of hydrogen-bond donors (Lipinski definition) is 2. The molecule has 3 aromatic carbocycles. The van der Waals surface area contributed by atoms with Crippen LogP contribution in [0.3, 0.4) is 0 Å². The maximum absolute atomic E-state index is 12.4. The predicted octanol–water partition coefficient (Wildman–Crippen LogP) is 5.19. The fraction of sp³-hybridized carbons (Fsp3) is 0.0435. The number of halogens is 1. The van der Waals surface area contributed by atoms with Crippen molar-refractivity contribution in [2.75, 3.05) is 5.32 Å². The van der Waals surface area contributed by atoms with E-state index < -0.39 is 10.8 Å². The molecule has 0 fully saturated rings. The van der Waals surface area contributed by atoms with Gasteiger partial charge < -0.3 is 15.2 Å². The van der Waals surface area contributed by atoms with E-state index >= 15 is 0 Å². The average Bonchev–Trinajstić information content (AvgIpc) is 2.78. The van der Waals surface area contributed by atoms with E-state index in [-0.39, 0.29) is 23.6 Å². The van der Waals surface area contributed by atoms with Crippen LogP contribution in [0, 0.1) is 21.4 Å². The smallest absolute Gasteiger partial charge is 0.269 e. The minimum Gasteiger partial charge on any atom is -0.508 e. The van der Waals surface area contributed by atoms with Crippen LogP contribution < -0.4 is 10.1 Å². The largest absolute Gasteiger partial charge is 0.508 e. The molecule has 0 aliphatic heterocycles. The van der Waals surface area contributed by atoms with Gasteiger partial charge >= 0.3 is 0 Å². The number of nitrogens with one attached hydrogen (secondary N) is 1. The van der Waals surface area contributed by atoms with Crippen LogP contribution in [-0.2, 0) is 11.4 Å². The van der Waals surface area contributed by atoms with Gasteiger partial charge in [-0.05, 0) is 69.5 Å². The Morgan fingerprint density at radius 1 is 1.19 bits per heavy atom. The molecule has 0 radical (unpaired) electrons. The highest BCUT2D eigenvalue weighted by molar-refractivity contribution is 9.10.